The summed E-state index contributed by atoms with van der Waals surface area (Å²) in [5.74, 6) is 0. The molecule has 28 heavy (non-hydrogen) atoms. The highest BCUT2D eigenvalue weighted by Crippen LogP contribution is 2.25. The van der Waals surface area contributed by atoms with E-state index in [2.05, 4.69) is 20.8 Å². The zero-order valence-electron chi connectivity index (χ0n) is 16.7. The summed E-state index contributed by atoms with van der Waals surface area (Å²) in [6, 6.07) is 9.50. The Morgan fingerprint density at radius 2 is 1.82 bits per heavy atom. The standard InChI is InChI=1S/C21H28BrN3O3/c1-21(2,3)25(20(27)28)17-8-10-23(11-9-17)12-13-24-18-14-16(22)6-4-15(18)5-7-19(24)26/h4-7,14,17H,8-13H2,1-3H3,(H,27,28). The second-order valence-electron chi connectivity index (χ2n) is 8.42. The maximum atomic E-state index is 12.4. The number of amides is 1. The molecule has 0 saturated carbocycles. The SMILES string of the molecule is CC(C)(C)N(C(=O)O)C1CCN(CCn2c(=O)ccc3ccc(Br)cc32)CC1. The molecule has 1 amide bonds. The van der Waals surface area contributed by atoms with E-state index in [1.54, 1.807) is 11.0 Å². The second-order valence-corrected chi connectivity index (χ2v) is 9.34. The summed E-state index contributed by atoms with van der Waals surface area (Å²) in [5, 5.41) is 10.6. The smallest absolute Gasteiger partial charge is 0.407 e. The fourth-order valence-corrected chi connectivity index (χ4v) is 4.47. The van der Waals surface area contributed by atoms with Crippen LogP contribution >= 0.6 is 15.9 Å². The van der Waals surface area contributed by atoms with Crippen LogP contribution in [0.5, 0.6) is 0 Å². The van der Waals surface area contributed by atoms with Crippen LogP contribution < -0.4 is 5.56 Å². The molecule has 152 valence electrons. The first-order chi connectivity index (χ1) is 13.2. The van der Waals surface area contributed by atoms with E-state index in [0.29, 0.717) is 6.54 Å². The number of likely N-dealkylation sites (tertiary alicyclic amines) is 1. The van der Waals surface area contributed by atoms with Crippen molar-refractivity contribution in [2.75, 3.05) is 19.6 Å². The molecular formula is C21H28BrN3O3. The van der Waals surface area contributed by atoms with Crippen LogP contribution in [-0.2, 0) is 6.54 Å². The molecule has 0 atom stereocenters. The zero-order valence-corrected chi connectivity index (χ0v) is 18.3. The van der Waals surface area contributed by atoms with E-state index in [1.165, 1.54) is 0 Å². The van der Waals surface area contributed by atoms with Crippen molar-refractivity contribution in [2.45, 2.75) is 51.7 Å². The molecule has 2 aromatic rings. The summed E-state index contributed by atoms with van der Waals surface area (Å²) in [5.41, 5.74) is 0.536. The molecule has 1 aliphatic rings. The summed E-state index contributed by atoms with van der Waals surface area (Å²) < 4.78 is 2.78. The van der Waals surface area contributed by atoms with E-state index in [9.17, 15) is 14.7 Å². The van der Waals surface area contributed by atoms with Crippen LogP contribution in [0.15, 0.2) is 39.6 Å². The molecule has 1 fully saturated rings. The minimum Gasteiger partial charge on any atom is -0.465 e. The molecule has 1 aromatic carbocycles. The molecule has 7 heteroatoms. The van der Waals surface area contributed by atoms with Gasteiger partial charge in [-0.3, -0.25) is 4.79 Å². The van der Waals surface area contributed by atoms with E-state index in [4.69, 9.17) is 0 Å². The number of carboxylic acid groups (broad SMARTS) is 1. The molecule has 0 bridgehead atoms. The molecular weight excluding hydrogens is 422 g/mol. The van der Waals surface area contributed by atoms with Crippen molar-refractivity contribution in [1.29, 1.82) is 0 Å². The molecule has 2 heterocycles. The van der Waals surface area contributed by atoms with Crippen molar-refractivity contribution in [3.8, 4) is 0 Å². The first-order valence-electron chi connectivity index (χ1n) is 9.70. The lowest BCUT2D eigenvalue weighted by atomic mass is 9.97. The average molecular weight is 450 g/mol. The van der Waals surface area contributed by atoms with E-state index in [0.717, 1.165) is 47.9 Å². The normalized spacial score (nSPS) is 16.4. The summed E-state index contributed by atoms with van der Waals surface area (Å²) in [6.45, 7) is 8.91. The Bertz CT molecular complexity index is 911. The number of aromatic nitrogens is 1. The van der Waals surface area contributed by atoms with Gasteiger partial charge in [-0.1, -0.05) is 22.0 Å². The second kappa shape index (κ2) is 8.25. The molecule has 1 aromatic heterocycles. The van der Waals surface area contributed by atoms with Gasteiger partial charge in [-0.25, -0.2) is 4.79 Å². The lowest BCUT2D eigenvalue weighted by molar-refractivity contribution is 0.0417. The minimum absolute atomic E-state index is 0.00488. The predicted molar refractivity (Wildman–Crippen MR) is 115 cm³/mol. The lowest BCUT2D eigenvalue weighted by Gasteiger charge is -2.43. The molecule has 1 aliphatic heterocycles. The van der Waals surface area contributed by atoms with E-state index >= 15 is 0 Å². The number of halogens is 1. The molecule has 0 unspecified atom stereocenters. The predicted octanol–water partition coefficient (Wildman–Crippen LogP) is 4.01. The fourth-order valence-electron chi connectivity index (χ4n) is 4.13. The Kier molecular flexibility index (Phi) is 6.15. The van der Waals surface area contributed by atoms with Crippen molar-refractivity contribution in [3.63, 3.8) is 0 Å². The Morgan fingerprint density at radius 3 is 2.43 bits per heavy atom. The highest BCUT2D eigenvalue weighted by molar-refractivity contribution is 9.10. The van der Waals surface area contributed by atoms with Crippen LogP contribution in [0.3, 0.4) is 0 Å². The molecule has 0 radical (unpaired) electrons. The zero-order chi connectivity index (χ0) is 20.5. The van der Waals surface area contributed by atoms with Crippen LogP contribution in [0.1, 0.15) is 33.6 Å². The van der Waals surface area contributed by atoms with Crippen LogP contribution in [0.25, 0.3) is 10.9 Å². The third-order valence-corrected chi connectivity index (χ3v) is 5.94. The lowest BCUT2D eigenvalue weighted by Crippen LogP contribution is -2.54. The van der Waals surface area contributed by atoms with E-state index in [1.807, 2.05) is 49.6 Å². The molecule has 3 rings (SSSR count). The van der Waals surface area contributed by atoms with Gasteiger partial charge in [0.25, 0.3) is 5.56 Å². The Hall–Kier alpha value is -1.86. The number of piperidine rings is 1. The van der Waals surface area contributed by atoms with Crippen molar-refractivity contribution in [3.05, 3.63) is 45.2 Å². The summed E-state index contributed by atoms with van der Waals surface area (Å²) in [7, 11) is 0. The van der Waals surface area contributed by atoms with Gasteiger partial charge in [-0.05, 0) is 57.2 Å². The number of fused-ring (bicyclic) bond motifs is 1. The van der Waals surface area contributed by atoms with Gasteiger partial charge < -0.3 is 19.5 Å². The van der Waals surface area contributed by atoms with Gasteiger partial charge in [0.15, 0.2) is 0 Å². The van der Waals surface area contributed by atoms with Crippen molar-refractivity contribution >= 4 is 32.9 Å². The number of pyridine rings is 1. The first kappa shape index (κ1) is 20.9. The minimum atomic E-state index is -0.848. The van der Waals surface area contributed by atoms with Gasteiger partial charge in [-0.15, -0.1) is 0 Å². The number of rotatable bonds is 4. The molecule has 0 spiro atoms. The maximum absolute atomic E-state index is 12.4. The summed E-state index contributed by atoms with van der Waals surface area (Å²) in [4.78, 5) is 28.0. The summed E-state index contributed by atoms with van der Waals surface area (Å²) in [6.07, 6.45) is 0.790. The van der Waals surface area contributed by atoms with Crippen LogP contribution in [0, 0.1) is 0 Å². The Morgan fingerprint density at radius 1 is 1.18 bits per heavy atom. The number of carbonyl (C=O) groups is 1. The highest BCUT2D eigenvalue weighted by Gasteiger charge is 2.35. The monoisotopic (exact) mass is 449 g/mol. The van der Waals surface area contributed by atoms with Gasteiger partial charge in [-0.2, -0.15) is 0 Å². The van der Waals surface area contributed by atoms with Gasteiger partial charge >= 0.3 is 6.09 Å². The maximum Gasteiger partial charge on any atom is 0.407 e. The van der Waals surface area contributed by atoms with Gasteiger partial charge in [0, 0.05) is 48.3 Å². The van der Waals surface area contributed by atoms with Gasteiger partial charge in [0.05, 0.1) is 5.52 Å². The summed E-state index contributed by atoms with van der Waals surface area (Å²) >= 11 is 3.49. The molecule has 1 N–H and O–H groups in total. The number of benzene rings is 1. The van der Waals surface area contributed by atoms with Crippen LogP contribution in [0.2, 0.25) is 0 Å². The van der Waals surface area contributed by atoms with Crippen molar-refractivity contribution in [2.24, 2.45) is 0 Å². The van der Waals surface area contributed by atoms with E-state index in [-0.39, 0.29) is 11.6 Å². The Labute approximate surface area is 173 Å². The van der Waals surface area contributed by atoms with Crippen LogP contribution in [0.4, 0.5) is 4.79 Å². The van der Waals surface area contributed by atoms with Crippen molar-refractivity contribution in [1.82, 2.24) is 14.4 Å². The largest absolute Gasteiger partial charge is 0.465 e. The molecule has 6 nitrogen and oxygen atoms in total. The van der Waals surface area contributed by atoms with Gasteiger partial charge in [0.1, 0.15) is 0 Å². The van der Waals surface area contributed by atoms with E-state index < -0.39 is 11.6 Å². The van der Waals surface area contributed by atoms with Crippen LogP contribution in [-0.4, -0.2) is 56.8 Å². The third kappa shape index (κ3) is 4.58. The molecule has 1 saturated heterocycles. The molecule has 0 aliphatic carbocycles. The third-order valence-electron chi connectivity index (χ3n) is 5.45. The first-order valence-corrected chi connectivity index (χ1v) is 10.5. The highest BCUT2D eigenvalue weighted by atomic mass is 79.9. The Balaban J connectivity index is 1.66. The van der Waals surface area contributed by atoms with Crippen molar-refractivity contribution < 1.29 is 9.90 Å². The quantitative estimate of drug-likeness (QED) is 0.765. The number of nitrogens with zero attached hydrogens (tertiary/aromatic N) is 3. The van der Waals surface area contributed by atoms with Gasteiger partial charge in [0.2, 0.25) is 0 Å². The number of hydrogen-bond acceptors (Lipinski definition) is 3. The fraction of sp³-hybridized carbons (Fsp3) is 0.524. The average Bonchev–Trinajstić information content (AvgIpc) is 2.60. The topological polar surface area (TPSA) is 65.8 Å². The number of hydrogen-bond donors (Lipinski definition) is 1.